The van der Waals surface area contributed by atoms with Crippen LogP contribution in [0.25, 0.3) is 22.2 Å². The Morgan fingerprint density at radius 2 is 2.16 bits per heavy atom. The minimum atomic E-state index is -0.169. The molecule has 19 heavy (non-hydrogen) atoms. The second kappa shape index (κ2) is 4.37. The fraction of sp³-hybridized carbons (Fsp3) is 0.143. The van der Waals surface area contributed by atoms with Crippen LogP contribution in [0.5, 0.6) is 0 Å². The number of hydrogen-bond acceptors (Lipinski definition) is 4. The number of furan rings is 1. The normalized spacial score (nSPS) is 11.1. The highest BCUT2D eigenvalue weighted by molar-refractivity contribution is 5.93. The quantitative estimate of drug-likeness (QED) is 0.755. The molecule has 2 heterocycles. The number of rotatable bonds is 2. The average Bonchev–Trinajstić information content (AvgIpc) is 2.85. The van der Waals surface area contributed by atoms with Gasteiger partial charge in [0.05, 0.1) is 5.69 Å². The molecule has 0 saturated heterocycles. The fourth-order valence-electron chi connectivity index (χ4n) is 2.12. The third-order valence-electron chi connectivity index (χ3n) is 3.13. The van der Waals surface area contributed by atoms with Crippen molar-refractivity contribution in [3.63, 3.8) is 0 Å². The molecular formula is C14H13N3O2. The van der Waals surface area contributed by atoms with Crippen molar-refractivity contribution in [3.05, 3.63) is 52.5 Å². The van der Waals surface area contributed by atoms with Gasteiger partial charge in [-0.1, -0.05) is 18.2 Å². The third-order valence-corrected chi connectivity index (χ3v) is 3.13. The van der Waals surface area contributed by atoms with E-state index in [4.69, 9.17) is 10.2 Å². The lowest BCUT2D eigenvalue weighted by Gasteiger charge is -2.06. The fourth-order valence-corrected chi connectivity index (χ4v) is 2.12. The van der Waals surface area contributed by atoms with Crippen LogP contribution >= 0.6 is 0 Å². The van der Waals surface area contributed by atoms with E-state index in [-0.39, 0.29) is 12.1 Å². The Kier molecular flexibility index (Phi) is 2.68. The van der Waals surface area contributed by atoms with Gasteiger partial charge in [-0.3, -0.25) is 4.79 Å². The van der Waals surface area contributed by atoms with Gasteiger partial charge in [-0.15, -0.1) is 0 Å². The van der Waals surface area contributed by atoms with E-state index in [0.29, 0.717) is 5.69 Å². The van der Waals surface area contributed by atoms with E-state index < -0.39 is 0 Å². The number of benzene rings is 1. The highest BCUT2D eigenvalue weighted by atomic mass is 16.3. The molecule has 2 N–H and O–H groups in total. The molecule has 5 nitrogen and oxygen atoms in total. The second-order valence-corrected chi connectivity index (χ2v) is 4.33. The van der Waals surface area contributed by atoms with Gasteiger partial charge < -0.3 is 10.2 Å². The van der Waals surface area contributed by atoms with Gasteiger partial charge in [-0.05, 0) is 11.6 Å². The van der Waals surface area contributed by atoms with Crippen molar-refractivity contribution >= 4 is 11.0 Å². The number of nitrogens with two attached hydrogens (primary N) is 1. The number of para-hydroxylation sites is 1. The van der Waals surface area contributed by atoms with E-state index in [0.717, 1.165) is 22.1 Å². The molecule has 0 aliphatic rings. The van der Waals surface area contributed by atoms with Gasteiger partial charge in [-0.25, -0.2) is 4.68 Å². The average molecular weight is 255 g/mol. The number of fused-ring (bicyclic) bond motifs is 1. The van der Waals surface area contributed by atoms with Gasteiger partial charge >= 0.3 is 0 Å². The molecule has 96 valence electrons. The molecule has 0 atom stereocenters. The summed E-state index contributed by atoms with van der Waals surface area (Å²) in [6.07, 6.45) is 1.65. The first-order chi connectivity index (χ1) is 9.20. The maximum atomic E-state index is 11.6. The summed E-state index contributed by atoms with van der Waals surface area (Å²) in [7, 11) is 1.62. The first-order valence-electron chi connectivity index (χ1n) is 5.94. The monoisotopic (exact) mass is 255 g/mol. The van der Waals surface area contributed by atoms with Gasteiger partial charge in [0.2, 0.25) is 0 Å². The maximum absolute atomic E-state index is 11.6. The van der Waals surface area contributed by atoms with Crippen molar-refractivity contribution < 1.29 is 4.42 Å². The van der Waals surface area contributed by atoms with E-state index in [2.05, 4.69) is 5.10 Å². The van der Waals surface area contributed by atoms with Crippen molar-refractivity contribution in [3.8, 4) is 11.3 Å². The first kappa shape index (κ1) is 11.7. The zero-order valence-electron chi connectivity index (χ0n) is 10.5. The zero-order valence-corrected chi connectivity index (χ0v) is 10.5. The molecule has 3 rings (SSSR count). The summed E-state index contributed by atoms with van der Waals surface area (Å²) in [5.41, 5.74) is 8.58. The Labute approximate surface area is 109 Å². The molecule has 0 spiro atoms. The summed E-state index contributed by atoms with van der Waals surface area (Å²) in [6.45, 7) is 0.262. The van der Waals surface area contributed by atoms with Crippen LogP contribution < -0.4 is 11.3 Å². The topological polar surface area (TPSA) is 74.1 Å². The molecule has 5 heteroatoms. The lowest BCUT2D eigenvalue weighted by Crippen LogP contribution is -2.21. The molecular weight excluding hydrogens is 242 g/mol. The van der Waals surface area contributed by atoms with Crippen LogP contribution in [0.3, 0.4) is 0 Å². The molecule has 0 fully saturated rings. The predicted octanol–water partition coefficient (Wildman–Crippen LogP) is 1.65. The molecule has 2 aromatic heterocycles. The number of nitrogens with zero attached hydrogens (tertiary/aromatic N) is 2. The van der Waals surface area contributed by atoms with Crippen LogP contribution in [-0.4, -0.2) is 9.78 Å². The smallest absolute Gasteiger partial charge is 0.266 e. The van der Waals surface area contributed by atoms with Gasteiger partial charge in [0.1, 0.15) is 11.8 Å². The summed E-state index contributed by atoms with van der Waals surface area (Å²) in [5, 5.41) is 5.26. The van der Waals surface area contributed by atoms with E-state index in [9.17, 15) is 4.79 Å². The lowest BCUT2D eigenvalue weighted by atomic mass is 10.1. The van der Waals surface area contributed by atoms with Crippen LogP contribution in [-0.2, 0) is 13.6 Å². The van der Waals surface area contributed by atoms with Crippen molar-refractivity contribution in [1.29, 1.82) is 0 Å². The molecule has 0 saturated carbocycles. The van der Waals surface area contributed by atoms with E-state index in [1.54, 1.807) is 13.3 Å². The highest BCUT2D eigenvalue weighted by Crippen LogP contribution is 2.30. The highest BCUT2D eigenvalue weighted by Gasteiger charge is 2.14. The number of aromatic nitrogens is 2. The Balaban J connectivity index is 2.32. The largest absolute Gasteiger partial charge is 0.464 e. The van der Waals surface area contributed by atoms with E-state index >= 15 is 0 Å². The summed E-state index contributed by atoms with van der Waals surface area (Å²) < 4.78 is 6.81. The van der Waals surface area contributed by atoms with Crippen LogP contribution in [0, 0.1) is 0 Å². The molecule has 3 aromatic rings. The van der Waals surface area contributed by atoms with Crippen LogP contribution in [0.15, 0.2) is 45.8 Å². The standard InChI is InChI=1S/C14H13N3O2/c1-17-13(18)6-9(7-15)14(16-17)11-8-19-12-5-3-2-4-10(11)12/h2-6,8H,7,15H2,1H3. The van der Waals surface area contributed by atoms with Crippen molar-refractivity contribution in [2.75, 3.05) is 0 Å². The molecule has 0 bridgehead atoms. The van der Waals surface area contributed by atoms with Crippen LogP contribution in [0.2, 0.25) is 0 Å². The summed E-state index contributed by atoms with van der Waals surface area (Å²) in [6, 6.07) is 9.22. The van der Waals surface area contributed by atoms with E-state index in [1.807, 2.05) is 24.3 Å². The Morgan fingerprint density at radius 1 is 1.37 bits per heavy atom. The van der Waals surface area contributed by atoms with Gasteiger partial charge in [0.25, 0.3) is 5.56 Å². The molecule has 0 aliphatic carbocycles. The first-order valence-corrected chi connectivity index (χ1v) is 5.94. The maximum Gasteiger partial charge on any atom is 0.266 e. The predicted molar refractivity (Wildman–Crippen MR) is 72.6 cm³/mol. The van der Waals surface area contributed by atoms with Crippen LogP contribution in [0.1, 0.15) is 5.56 Å². The minimum Gasteiger partial charge on any atom is -0.464 e. The molecule has 0 unspecified atom stereocenters. The van der Waals surface area contributed by atoms with Gasteiger partial charge in [-0.2, -0.15) is 5.10 Å². The number of aryl methyl sites for hydroxylation is 1. The summed E-state index contributed by atoms with van der Waals surface area (Å²) >= 11 is 0. The Bertz CT molecular complexity index is 802. The minimum absolute atomic E-state index is 0.169. The van der Waals surface area contributed by atoms with Crippen molar-refractivity contribution in [2.45, 2.75) is 6.54 Å². The Morgan fingerprint density at radius 3 is 2.95 bits per heavy atom. The van der Waals surface area contributed by atoms with Gasteiger partial charge in [0.15, 0.2) is 0 Å². The van der Waals surface area contributed by atoms with Gasteiger partial charge in [0, 0.05) is 30.6 Å². The van der Waals surface area contributed by atoms with Crippen molar-refractivity contribution in [1.82, 2.24) is 9.78 Å². The molecule has 0 amide bonds. The molecule has 0 radical (unpaired) electrons. The SMILES string of the molecule is Cn1nc(-c2coc3ccccc23)c(CN)cc1=O. The van der Waals surface area contributed by atoms with Crippen molar-refractivity contribution in [2.24, 2.45) is 12.8 Å². The third kappa shape index (κ3) is 1.84. The summed E-state index contributed by atoms with van der Waals surface area (Å²) in [5.74, 6) is 0. The second-order valence-electron chi connectivity index (χ2n) is 4.33. The number of hydrogen-bond donors (Lipinski definition) is 1. The van der Waals surface area contributed by atoms with E-state index in [1.165, 1.54) is 10.7 Å². The molecule has 0 aliphatic heterocycles. The Hall–Kier alpha value is -2.40. The summed E-state index contributed by atoms with van der Waals surface area (Å²) in [4.78, 5) is 11.6. The lowest BCUT2D eigenvalue weighted by molar-refractivity contribution is 0.616. The zero-order chi connectivity index (χ0) is 13.4. The van der Waals surface area contributed by atoms with Crippen LogP contribution in [0.4, 0.5) is 0 Å². The molecule has 1 aromatic carbocycles.